The molecule has 6 saturated carbocycles. The highest BCUT2D eigenvalue weighted by atomic mass is 16.5. The molecule has 8 aromatic carbocycles. The molecule has 128 heavy (non-hydrogen) atoms. The molecule has 6 nitrogen and oxygen atoms in total. The van der Waals surface area contributed by atoms with Crippen molar-refractivity contribution in [3.8, 4) is 23.0 Å². The molecule has 2 N–H and O–H groups in total. The van der Waals surface area contributed by atoms with Crippen molar-refractivity contribution in [3.63, 3.8) is 0 Å². The third-order valence-electron chi connectivity index (χ3n) is 26.8. The summed E-state index contributed by atoms with van der Waals surface area (Å²) < 4.78 is 22.6. The van der Waals surface area contributed by atoms with Crippen molar-refractivity contribution in [1.29, 1.82) is 0 Å². The van der Waals surface area contributed by atoms with Gasteiger partial charge < -0.3 is 29.2 Å². The maximum atomic E-state index is 9.61. The summed E-state index contributed by atoms with van der Waals surface area (Å²) in [6.07, 6.45) is 35.1. The molecule has 4 bridgehead atoms. The van der Waals surface area contributed by atoms with Crippen LogP contribution in [0.4, 0.5) is 0 Å². The largest absolute Gasteiger partial charge is 0.494 e. The van der Waals surface area contributed by atoms with E-state index >= 15 is 0 Å². The Labute approximate surface area is 789 Å². The number of aliphatic hydroxyl groups is 2. The van der Waals surface area contributed by atoms with Crippen molar-refractivity contribution >= 4 is 0 Å². The molecule has 8 aromatic rings. The minimum Gasteiger partial charge on any atom is -0.494 e. The van der Waals surface area contributed by atoms with Crippen molar-refractivity contribution in [2.45, 2.75) is 403 Å². The fourth-order valence-corrected chi connectivity index (χ4v) is 19.1. The Kier molecular flexibility index (Phi) is 56.0. The summed E-state index contributed by atoms with van der Waals surface area (Å²) in [5, 5.41) is 19.2. The first-order valence-electron chi connectivity index (χ1n) is 51.7. The number of hydrogen-bond acceptors (Lipinski definition) is 6. The SMILES string of the molecule is C1CC2C3CCC(C3)C2C1.C1CC2CCC1C2.CCC.CCC.CCC.CCC.CCC(O)COc1ccc(C(C)(C)c2ccc(OCC(O)CC)cc2)cc1.CCC1(C)CC(C)CC(C)(C)C1.CCCOc1ccc(C(C)(C)c2ccc(OCCC)cc2)cc1.CCc1ccc(CC)cc1.CCc1cccc(CC)c1.Cc1ccc(C(C)(C)c2ccc(C)cc2)cc1. The molecule has 6 aliphatic carbocycles. The van der Waals surface area contributed by atoms with Gasteiger partial charge in [-0.1, -0.05) is 408 Å². The first-order chi connectivity index (χ1) is 61.1. The van der Waals surface area contributed by atoms with Gasteiger partial charge in [-0.3, -0.25) is 0 Å². The second kappa shape index (κ2) is 62.3. The zero-order valence-electron chi connectivity index (χ0n) is 87.6. The molecule has 0 radical (unpaired) electrons. The van der Waals surface area contributed by atoms with Gasteiger partial charge in [0.05, 0.1) is 25.4 Å². The van der Waals surface area contributed by atoms with Crippen LogP contribution in [0.5, 0.6) is 23.0 Å². The molecule has 6 heteroatoms. The van der Waals surface area contributed by atoms with Gasteiger partial charge in [-0.15, -0.1) is 0 Å². The van der Waals surface area contributed by atoms with Gasteiger partial charge in [-0.25, -0.2) is 0 Å². The smallest absolute Gasteiger partial charge is 0.119 e. The zero-order valence-corrected chi connectivity index (χ0v) is 87.6. The minimum atomic E-state index is -0.430. The third-order valence-corrected chi connectivity index (χ3v) is 26.8. The van der Waals surface area contributed by atoms with Crippen LogP contribution < -0.4 is 18.9 Å². The number of benzene rings is 8. The molecular weight excluding hydrogens is 1560 g/mol. The number of ether oxygens (including phenoxy) is 4. The molecule has 0 heterocycles. The van der Waals surface area contributed by atoms with Gasteiger partial charge >= 0.3 is 0 Å². The number of fused-ring (bicyclic) bond motifs is 7. The van der Waals surface area contributed by atoms with Gasteiger partial charge in [0.2, 0.25) is 0 Å². The quantitative estimate of drug-likeness (QED) is 0.0594. The summed E-state index contributed by atoms with van der Waals surface area (Å²) in [6.45, 7) is 65.7. The Morgan fingerprint density at radius 2 is 0.641 bits per heavy atom. The molecule has 8 atom stereocenters. The topological polar surface area (TPSA) is 77.4 Å². The van der Waals surface area contributed by atoms with E-state index in [9.17, 15) is 10.2 Å². The summed E-state index contributed by atoms with van der Waals surface area (Å²) in [7, 11) is 0. The number of aliphatic hydroxyl groups excluding tert-OH is 2. The van der Waals surface area contributed by atoms with E-state index in [2.05, 4.69) is 357 Å². The standard InChI is InChI=1S/C23H32O4.C21H28O2.C17H20.C12H24.C10H16.2C10H14.C7H12.4C3H8/c1-5-19(24)15-26-21-11-7-17(8-12-21)23(3,4)18-9-13-22(14-10-18)27-16-20(25)6-2;1-5-15-22-19-11-7-17(8-12-19)21(3,4)18-9-13-20(14-10-18)23-16-6-2;1-13-5-9-15(10-6-13)17(3,4)16-11-7-14(2)8-12-16;1-6-12(5)8-10(2)7-11(3,4)9-12;1-2-9-7-4-5-8(6-7)10(9)3-1;1-3-9-5-7-10(4-2)8-6-9;1-3-9-6-5-7-10(4-2)8-9;1-2-7-4-3-6(1)5-7;4*1-3-2/h7-14,19-20,24-25H,5-6,15-16H2,1-4H3;7-14H,5-6,15-16H2,1-4H3;5-12H,1-4H3;10H,6-9H2,1-5H3;7-10H,1-6H2;2*5-8H,3-4H2,1-2H3;6-7H,1-5H2;4*3H2,1-2H3. The average molecular weight is 1750 g/mol. The van der Waals surface area contributed by atoms with Gasteiger partial charge in [0.25, 0.3) is 0 Å². The first-order valence-corrected chi connectivity index (χ1v) is 51.7. The van der Waals surface area contributed by atoms with E-state index < -0.39 is 12.2 Å². The monoisotopic (exact) mass is 1750 g/mol. The predicted molar refractivity (Wildman–Crippen MR) is 561 cm³/mol. The van der Waals surface area contributed by atoms with Gasteiger partial charge in [0, 0.05) is 16.2 Å². The first kappa shape index (κ1) is 115. The second-order valence-electron chi connectivity index (χ2n) is 40.8. The van der Waals surface area contributed by atoms with Crippen LogP contribution in [-0.2, 0) is 41.9 Å². The summed E-state index contributed by atoms with van der Waals surface area (Å²) in [5.41, 5.74) is 17.1. The molecule has 6 fully saturated rings. The normalized spacial score (nSPS) is 19.6. The fraction of sp³-hybridized carbons (Fsp3) is 0.607. The summed E-state index contributed by atoms with van der Waals surface area (Å²) in [5.74, 6) is 11.5. The highest BCUT2D eigenvalue weighted by Crippen LogP contribution is 2.59. The van der Waals surface area contributed by atoms with E-state index in [4.69, 9.17) is 18.9 Å². The van der Waals surface area contributed by atoms with E-state index in [1.807, 2.05) is 38.1 Å². The Bertz CT molecular complexity index is 3810. The van der Waals surface area contributed by atoms with Crippen LogP contribution in [0.15, 0.2) is 194 Å². The van der Waals surface area contributed by atoms with E-state index in [1.165, 1.54) is 154 Å². The number of hydrogen-bond donors (Lipinski definition) is 2. The van der Waals surface area contributed by atoms with Gasteiger partial charge in [-0.05, 0) is 279 Å². The van der Waals surface area contributed by atoms with Crippen LogP contribution in [-0.4, -0.2) is 48.8 Å². The minimum absolute atomic E-state index is 0.0490. The summed E-state index contributed by atoms with van der Waals surface area (Å²) >= 11 is 0. The van der Waals surface area contributed by atoms with Crippen LogP contribution in [0.1, 0.15) is 401 Å². The zero-order chi connectivity index (χ0) is 95.3. The lowest BCUT2D eigenvalue weighted by atomic mass is 9.60. The van der Waals surface area contributed by atoms with Gasteiger partial charge in [0.15, 0.2) is 0 Å². The van der Waals surface area contributed by atoms with Gasteiger partial charge in [0.1, 0.15) is 36.2 Å². The molecule has 0 amide bonds. The molecular formula is C122H192O6. The molecule has 14 rings (SSSR count). The van der Waals surface area contributed by atoms with Gasteiger partial charge in [-0.2, -0.15) is 0 Å². The Hall–Kier alpha value is -7.12. The van der Waals surface area contributed by atoms with Crippen LogP contribution in [0.2, 0.25) is 0 Å². The molecule has 8 unspecified atom stereocenters. The van der Waals surface area contributed by atoms with Crippen molar-refractivity contribution in [2.24, 2.45) is 52.3 Å². The maximum Gasteiger partial charge on any atom is 0.119 e. The fourth-order valence-electron chi connectivity index (χ4n) is 19.1. The molecule has 0 aromatic heterocycles. The van der Waals surface area contributed by atoms with Crippen LogP contribution in [0, 0.1) is 66.1 Å². The number of rotatable bonds is 25. The van der Waals surface area contributed by atoms with E-state index in [1.54, 1.807) is 70.6 Å². The lowest BCUT2D eigenvalue weighted by Crippen LogP contribution is -2.34. The Morgan fingerprint density at radius 1 is 0.352 bits per heavy atom. The number of aryl methyl sites for hydroxylation is 6. The van der Waals surface area contributed by atoms with E-state index in [-0.39, 0.29) is 16.2 Å². The Balaban J connectivity index is 0.000000381. The molecule has 0 saturated heterocycles. The van der Waals surface area contributed by atoms with Crippen molar-refractivity contribution in [1.82, 2.24) is 0 Å². The lowest BCUT2D eigenvalue weighted by molar-refractivity contribution is 0.0581. The van der Waals surface area contributed by atoms with Crippen molar-refractivity contribution < 1.29 is 29.2 Å². The molecule has 6 aliphatic rings. The Morgan fingerprint density at radius 3 is 0.891 bits per heavy atom. The summed E-state index contributed by atoms with van der Waals surface area (Å²) in [6, 6.07) is 68.2. The maximum absolute atomic E-state index is 9.61. The second-order valence-corrected chi connectivity index (χ2v) is 40.8. The third kappa shape index (κ3) is 41.8. The molecule has 0 aliphatic heterocycles. The molecule has 0 spiro atoms. The lowest BCUT2D eigenvalue weighted by Gasteiger charge is -2.45. The summed E-state index contributed by atoms with van der Waals surface area (Å²) in [4.78, 5) is 0. The predicted octanol–water partition coefficient (Wildman–Crippen LogP) is 35.1. The van der Waals surface area contributed by atoms with E-state index in [0.717, 1.165) is 80.7 Å². The highest BCUT2D eigenvalue weighted by molar-refractivity contribution is 5.44. The van der Waals surface area contributed by atoms with Crippen LogP contribution in [0.25, 0.3) is 0 Å². The van der Waals surface area contributed by atoms with Crippen LogP contribution >= 0.6 is 0 Å². The molecule has 716 valence electrons. The average Bonchev–Trinajstić information content (AvgIpc) is 1.60. The van der Waals surface area contributed by atoms with E-state index in [0.29, 0.717) is 36.9 Å². The van der Waals surface area contributed by atoms with Crippen LogP contribution in [0.3, 0.4) is 0 Å². The van der Waals surface area contributed by atoms with Crippen molar-refractivity contribution in [2.75, 3.05) is 26.4 Å². The van der Waals surface area contributed by atoms with Crippen molar-refractivity contribution in [3.05, 3.63) is 261 Å². The highest BCUT2D eigenvalue weighted by Gasteiger charge is 2.49.